The summed E-state index contributed by atoms with van der Waals surface area (Å²) in [6.45, 7) is 5.07. The third kappa shape index (κ3) is 5.12. The van der Waals surface area contributed by atoms with Gasteiger partial charge in [-0.15, -0.1) is 0 Å². The molecule has 31 heavy (non-hydrogen) atoms. The first-order valence-electron chi connectivity index (χ1n) is 11.3. The van der Waals surface area contributed by atoms with Gasteiger partial charge in [0, 0.05) is 25.7 Å². The number of fused-ring (bicyclic) bond motifs is 1. The number of hydrogen-bond donors (Lipinski definition) is 2. The largest absolute Gasteiger partial charge is 0.492 e. The molecule has 1 saturated heterocycles. The fraction of sp³-hybridized carbons (Fsp3) is 0.500. The zero-order valence-corrected chi connectivity index (χ0v) is 18.7. The molecule has 0 bridgehead atoms. The van der Waals surface area contributed by atoms with Crippen molar-refractivity contribution in [3.05, 3.63) is 59.2 Å². The molecule has 0 atom stereocenters. The van der Waals surface area contributed by atoms with E-state index in [1.165, 1.54) is 11.1 Å². The van der Waals surface area contributed by atoms with Crippen molar-refractivity contribution < 1.29 is 13.2 Å². The molecule has 0 amide bonds. The van der Waals surface area contributed by atoms with E-state index >= 15 is 0 Å². The minimum absolute atomic E-state index is 0.0685. The lowest BCUT2D eigenvalue weighted by atomic mass is 9.99. The number of piperidine rings is 1. The highest BCUT2D eigenvalue weighted by Crippen LogP contribution is 2.31. The normalized spacial score (nSPS) is 20.0. The number of sulfonamides is 1. The van der Waals surface area contributed by atoms with Crippen LogP contribution < -0.4 is 14.8 Å². The molecule has 2 aliphatic heterocycles. The van der Waals surface area contributed by atoms with Crippen LogP contribution in [0, 0.1) is 5.92 Å². The van der Waals surface area contributed by atoms with Crippen LogP contribution in [0.15, 0.2) is 47.4 Å². The zero-order valence-electron chi connectivity index (χ0n) is 17.8. The maximum atomic E-state index is 13.1. The zero-order chi connectivity index (χ0) is 21.3. The van der Waals surface area contributed by atoms with E-state index < -0.39 is 10.0 Å². The Hall–Kier alpha value is -1.93. The Bertz CT molecular complexity index is 1010. The molecular weight excluding hydrogens is 410 g/mol. The van der Waals surface area contributed by atoms with Crippen LogP contribution in [0.1, 0.15) is 42.4 Å². The van der Waals surface area contributed by atoms with Crippen LogP contribution in [0.3, 0.4) is 0 Å². The second-order valence-corrected chi connectivity index (χ2v) is 10.8. The Morgan fingerprint density at radius 3 is 2.39 bits per heavy atom. The Morgan fingerprint density at radius 2 is 1.71 bits per heavy atom. The molecule has 0 aromatic heterocycles. The van der Waals surface area contributed by atoms with Gasteiger partial charge < -0.3 is 10.1 Å². The number of rotatable bonds is 8. The van der Waals surface area contributed by atoms with Crippen molar-refractivity contribution in [3.63, 3.8) is 0 Å². The van der Waals surface area contributed by atoms with Gasteiger partial charge in [0.05, 0.1) is 6.61 Å². The average Bonchev–Trinajstić information content (AvgIpc) is 3.48. The van der Waals surface area contributed by atoms with Gasteiger partial charge in [0.25, 0.3) is 0 Å². The molecule has 2 N–H and O–H groups in total. The van der Waals surface area contributed by atoms with E-state index in [1.54, 1.807) is 0 Å². The minimum atomic E-state index is -3.60. The summed E-state index contributed by atoms with van der Waals surface area (Å²) in [7, 11) is -3.60. The summed E-state index contributed by atoms with van der Waals surface area (Å²) in [5, 5.41) is 3.36. The number of benzene rings is 2. The summed E-state index contributed by atoms with van der Waals surface area (Å²) in [6.07, 6.45) is 3.96. The molecule has 2 heterocycles. The maximum absolute atomic E-state index is 13.1. The van der Waals surface area contributed by atoms with Crippen LogP contribution in [0.25, 0.3) is 0 Å². The van der Waals surface area contributed by atoms with E-state index in [1.807, 2.05) is 18.2 Å². The Labute approximate surface area is 185 Å². The monoisotopic (exact) mass is 441 g/mol. The summed E-state index contributed by atoms with van der Waals surface area (Å²) in [6, 6.07) is 14.2. The number of ether oxygens (including phenoxy) is 1. The van der Waals surface area contributed by atoms with Crippen molar-refractivity contribution in [2.24, 2.45) is 5.92 Å². The average molecular weight is 442 g/mol. The van der Waals surface area contributed by atoms with E-state index in [0.29, 0.717) is 18.3 Å². The van der Waals surface area contributed by atoms with E-state index in [2.05, 4.69) is 39.2 Å². The number of nitrogens with one attached hydrogen (secondary N) is 2. The Balaban J connectivity index is 1.34. The van der Waals surface area contributed by atoms with Gasteiger partial charge >= 0.3 is 0 Å². The second-order valence-electron chi connectivity index (χ2n) is 9.09. The van der Waals surface area contributed by atoms with Crippen LogP contribution in [-0.2, 0) is 29.7 Å². The van der Waals surface area contributed by atoms with E-state index in [4.69, 9.17) is 4.74 Å². The molecule has 1 aliphatic carbocycles. The molecule has 0 spiro atoms. The molecule has 0 unspecified atom stereocenters. The third-order valence-corrected chi connectivity index (χ3v) is 7.98. The van der Waals surface area contributed by atoms with E-state index in [9.17, 15) is 8.42 Å². The Morgan fingerprint density at radius 1 is 1.00 bits per heavy atom. The molecule has 2 fully saturated rings. The molecule has 166 valence electrons. The van der Waals surface area contributed by atoms with E-state index in [0.717, 1.165) is 64.0 Å². The van der Waals surface area contributed by atoms with Gasteiger partial charge in [0.15, 0.2) is 0 Å². The quantitative estimate of drug-likeness (QED) is 0.659. The molecular formula is C24H31N3O3S. The van der Waals surface area contributed by atoms with Gasteiger partial charge in [-0.1, -0.05) is 30.3 Å². The number of hydrogen-bond acceptors (Lipinski definition) is 5. The Kier molecular flexibility index (Phi) is 6.01. The highest BCUT2D eigenvalue weighted by Gasteiger charge is 2.30. The maximum Gasteiger partial charge on any atom is 0.244 e. The third-order valence-electron chi connectivity index (χ3n) is 6.44. The molecule has 6 nitrogen and oxygen atoms in total. The van der Waals surface area contributed by atoms with Crippen molar-refractivity contribution >= 4 is 10.0 Å². The van der Waals surface area contributed by atoms with E-state index in [-0.39, 0.29) is 10.9 Å². The SMILES string of the molecule is O=S(=O)(NC1CC1)c1cc(CN2Cc3ccccc3C2)ccc1OCC1CCNCC1. The predicted octanol–water partition coefficient (Wildman–Crippen LogP) is 3.02. The topological polar surface area (TPSA) is 70.7 Å². The van der Waals surface area contributed by atoms with Crippen LogP contribution in [0.4, 0.5) is 0 Å². The first-order valence-corrected chi connectivity index (χ1v) is 12.8. The van der Waals surface area contributed by atoms with Crippen molar-refractivity contribution in [2.75, 3.05) is 19.7 Å². The van der Waals surface area contributed by atoms with Gasteiger partial charge in [-0.25, -0.2) is 13.1 Å². The lowest BCUT2D eigenvalue weighted by Crippen LogP contribution is -2.31. The lowest BCUT2D eigenvalue weighted by molar-refractivity contribution is 0.211. The van der Waals surface area contributed by atoms with Crippen LogP contribution in [0.2, 0.25) is 0 Å². The van der Waals surface area contributed by atoms with Gasteiger partial charge in [0.1, 0.15) is 10.6 Å². The first kappa shape index (κ1) is 20.9. The molecule has 0 radical (unpaired) electrons. The van der Waals surface area contributed by atoms with Crippen molar-refractivity contribution in [3.8, 4) is 5.75 Å². The standard InChI is InChI=1S/C24H31N3O3S/c28-31(29,26-22-6-7-22)24-13-19(14-27-15-20-3-1-2-4-21(20)16-27)5-8-23(24)30-17-18-9-11-25-12-10-18/h1-5,8,13,18,22,25-26H,6-7,9-12,14-17H2. The van der Waals surface area contributed by atoms with Crippen LogP contribution >= 0.6 is 0 Å². The summed E-state index contributed by atoms with van der Waals surface area (Å²) in [5.74, 6) is 0.941. The molecule has 7 heteroatoms. The van der Waals surface area contributed by atoms with Crippen molar-refractivity contribution in [1.82, 2.24) is 14.9 Å². The summed E-state index contributed by atoms with van der Waals surface area (Å²) in [5.41, 5.74) is 3.71. The van der Waals surface area contributed by atoms with Crippen molar-refractivity contribution in [1.29, 1.82) is 0 Å². The first-order chi connectivity index (χ1) is 15.1. The van der Waals surface area contributed by atoms with Crippen LogP contribution in [-0.4, -0.2) is 39.1 Å². The molecule has 5 rings (SSSR count). The smallest absolute Gasteiger partial charge is 0.244 e. The minimum Gasteiger partial charge on any atom is -0.492 e. The highest BCUT2D eigenvalue weighted by atomic mass is 32.2. The van der Waals surface area contributed by atoms with Gasteiger partial charge in [0.2, 0.25) is 10.0 Å². The molecule has 1 saturated carbocycles. The predicted molar refractivity (Wildman–Crippen MR) is 120 cm³/mol. The second kappa shape index (κ2) is 8.90. The lowest BCUT2D eigenvalue weighted by Gasteiger charge is -2.23. The summed E-state index contributed by atoms with van der Waals surface area (Å²) in [4.78, 5) is 2.63. The highest BCUT2D eigenvalue weighted by molar-refractivity contribution is 7.89. The van der Waals surface area contributed by atoms with Crippen molar-refractivity contribution in [2.45, 2.75) is 56.3 Å². The molecule has 2 aromatic carbocycles. The molecule has 3 aliphatic rings. The fourth-order valence-corrected chi connectivity index (χ4v) is 5.99. The van der Waals surface area contributed by atoms with Gasteiger partial charge in [-0.2, -0.15) is 0 Å². The number of nitrogens with zero attached hydrogens (tertiary/aromatic N) is 1. The molecule has 2 aromatic rings. The summed E-state index contributed by atoms with van der Waals surface area (Å²) >= 11 is 0. The van der Waals surface area contributed by atoms with Crippen LogP contribution in [0.5, 0.6) is 5.75 Å². The van der Waals surface area contributed by atoms with Gasteiger partial charge in [-0.3, -0.25) is 4.90 Å². The fourth-order valence-electron chi connectivity index (χ4n) is 4.49. The summed E-state index contributed by atoms with van der Waals surface area (Å²) < 4.78 is 35.1. The van der Waals surface area contributed by atoms with Gasteiger partial charge in [-0.05, 0) is 73.5 Å².